The SMILES string of the molecule is COc1ccc(-c2cc3ccc(OC(=O)c4cc5ccccc5o4)cc3oc2=O)c(OC)c1. The third-order valence-electron chi connectivity index (χ3n) is 5.24. The Bertz CT molecular complexity index is 1530. The monoisotopic (exact) mass is 442 g/mol. The van der Waals surface area contributed by atoms with E-state index in [4.69, 9.17) is 23.0 Å². The Hall–Kier alpha value is -4.52. The van der Waals surface area contributed by atoms with Crippen LogP contribution in [0.1, 0.15) is 10.6 Å². The number of ether oxygens (including phenoxy) is 3. The lowest BCUT2D eigenvalue weighted by Gasteiger charge is -2.10. The molecule has 0 aliphatic heterocycles. The van der Waals surface area contributed by atoms with Crippen LogP contribution in [0.15, 0.2) is 86.4 Å². The Morgan fingerprint density at radius 3 is 2.30 bits per heavy atom. The number of carbonyl (C=O) groups is 1. The second-order valence-corrected chi connectivity index (χ2v) is 7.25. The molecule has 0 aliphatic carbocycles. The number of hydrogen-bond acceptors (Lipinski definition) is 7. The molecule has 7 nitrogen and oxygen atoms in total. The number of methoxy groups -OCH3 is 2. The van der Waals surface area contributed by atoms with Crippen molar-refractivity contribution in [3.05, 3.63) is 89.0 Å². The number of rotatable bonds is 5. The highest BCUT2D eigenvalue weighted by Gasteiger charge is 2.17. The lowest BCUT2D eigenvalue weighted by Crippen LogP contribution is -2.07. The van der Waals surface area contributed by atoms with Crippen LogP contribution in [0.2, 0.25) is 0 Å². The van der Waals surface area contributed by atoms with Gasteiger partial charge in [-0.25, -0.2) is 9.59 Å². The van der Waals surface area contributed by atoms with Crippen molar-refractivity contribution in [3.8, 4) is 28.4 Å². The van der Waals surface area contributed by atoms with E-state index in [-0.39, 0.29) is 17.1 Å². The highest BCUT2D eigenvalue weighted by molar-refractivity contribution is 5.94. The lowest BCUT2D eigenvalue weighted by molar-refractivity contribution is 0.0704. The van der Waals surface area contributed by atoms with Crippen LogP contribution in [-0.2, 0) is 0 Å². The molecule has 2 aromatic heterocycles. The van der Waals surface area contributed by atoms with Crippen molar-refractivity contribution in [3.63, 3.8) is 0 Å². The molecular formula is C26H18O7. The quantitative estimate of drug-likeness (QED) is 0.203. The molecule has 33 heavy (non-hydrogen) atoms. The van der Waals surface area contributed by atoms with E-state index in [9.17, 15) is 9.59 Å². The fourth-order valence-electron chi connectivity index (χ4n) is 3.60. The normalized spacial score (nSPS) is 11.0. The van der Waals surface area contributed by atoms with Gasteiger partial charge in [-0.2, -0.15) is 0 Å². The fourth-order valence-corrected chi connectivity index (χ4v) is 3.60. The van der Waals surface area contributed by atoms with Crippen LogP contribution in [0, 0.1) is 0 Å². The largest absolute Gasteiger partial charge is 0.497 e. The molecule has 0 fully saturated rings. The van der Waals surface area contributed by atoms with Crippen LogP contribution in [0.4, 0.5) is 0 Å². The van der Waals surface area contributed by atoms with Gasteiger partial charge in [0.1, 0.15) is 28.4 Å². The maximum Gasteiger partial charge on any atom is 0.379 e. The van der Waals surface area contributed by atoms with Gasteiger partial charge in [0, 0.05) is 28.5 Å². The molecule has 0 amide bonds. The summed E-state index contributed by atoms with van der Waals surface area (Å²) >= 11 is 0. The summed E-state index contributed by atoms with van der Waals surface area (Å²) in [5, 5.41) is 1.46. The summed E-state index contributed by atoms with van der Waals surface area (Å²) in [5.74, 6) is 0.757. The maximum atomic E-state index is 12.7. The van der Waals surface area contributed by atoms with Crippen LogP contribution in [0.5, 0.6) is 17.2 Å². The van der Waals surface area contributed by atoms with E-state index in [0.717, 1.165) is 5.39 Å². The minimum absolute atomic E-state index is 0.0831. The van der Waals surface area contributed by atoms with Crippen molar-refractivity contribution >= 4 is 27.9 Å². The molecular weight excluding hydrogens is 424 g/mol. The van der Waals surface area contributed by atoms with Gasteiger partial charge in [-0.3, -0.25) is 0 Å². The van der Waals surface area contributed by atoms with Gasteiger partial charge in [-0.05, 0) is 42.5 Å². The molecule has 2 heterocycles. The van der Waals surface area contributed by atoms with E-state index in [2.05, 4.69) is 0 Å². The molecule has 5 rings (SSSR count). The summed E-state index contributed by atoms with van der Waals surface area (Å²) in [5.41, 5.74) is 1.25. The topological polar surface area (TPSA) is 88.1 Å². The van der Waals surface area contributed by atoms with Crippen molar-refractivity contribution in [1.82, 2.24) is 0 Å². The van der Waals surface area contributed by atoms with Crippen molar-refractivity contribution in [1.29, 1.82) is 0 Å². The zero-order valence-electron chi connectivity index (χ0n) is 17.8. The van der Waals surface area contributed by atoms with E-state index < -0.39 is 11.6 Å². The number of furan rings is 1. The number of esters is 1. The number of fused-ring (bicyclic) bond motifs is 2. The summed E-state index contributed by atoms with van der Waals surface area (Å²) in [7, 11) is 3.07. The summed E-state index contributed by atoms with van der Waals surface area (Å²) in [4.78, 5) is 25.3. The lowest BCUT2D eigenvalue weighted by atomic mass is 10.0. The maximum absolute atomic E-state index is 12.7. The number of para-hydroxylation sites is 1. The molecule has 5 aromatic rings. The summed E-state index contributed by atoms with van der Waals surface area (Å²) in [6.07, 6.45) is 0. The van der Waals surface area contributed by atoms with Crippen molar-refractivity contribution in [2.45, 2.75) is 0 Å². The molecule has 0 spiro atoms. The molecule has 0 saturated carbocycles. The molecule has 0 atom stereocenters. The van der Waals surface area contributed by atoms with Gasteiger partial charge < -0.3 is 23.0 Å². The molecule has 7 heteroatoms. The molecule has 0 radical (unpaired) electrons. The zero-order chi connectivity index (χ0) is 22.9. The number of benzene rings is 3. The van der Waals surface area contributed by atoms with Gasteiger partial charge in [0.2, 0.25) is 5.76 Å². The van der Waals surface area contributed by atoms with Gasteiger partial charge in [-0.1, -0.05) is 18.2 Å². The smallest absolute Gasteiger partial charge is 0.379 e. The van der Waals surface area contributed by atoms with Gasteiger partial charge >= 0.3 is 11.6 Å². The second-order valence-electron chi connectivity index (χ2n) is 7.25. The summed E-state index contributed by atoms with van der Waals surface area (Å²) in [6.45, 7) is 0. The average Bonchev–Trinajstić information content (AvgIpc) is 3.28. The van der Waals surface area contributed by atoms with Crippen LogP contribution in [-0.4, -0.2) is 20.2 Å². The minimum atomic E-state index is -0.646. The first-order valence-electron chi connectivity index (χ1n) is 10.1. The first-order valence-corrected chi connectivity index (χ1v) is 10.1. The predicted molar refractivity (Wildman–Crippen MR) is 122 cm³/mol. The van der Waals surface area contributed by atoms with E-state index in [0.29, 0.717) is 33.6 Å². The molecule has 164 valence electrons. The van der Waals surface area contributed by atoms with E-state index in [1.165, 1.54) is 13.2 Å². The van der Waals surface area contributed by atoms with E-state index >= 15 is 0 Å². The average molecular weight is 442 g/mol. The first-order chi connectivity index (χ1) is 16.1. The summed E-state index contributed by atoms with van der Waals surface area (Å²) in [6, 6.07) is 20.6. The number of hydrogen-bond donors (Lipinski definition) is 0. The Kier molecular flexibility index (Phi) is 5.06. The Labute approximate surface area is 187 Å². The van der Waals surface area contributed by atoms with Gasteiger partial charge in [0.25, 0.3) is 0 Å². The molecule has 0 bridgehead atoms. The summed E-state index contributed by atoms with van der Waals surface area (Å²) < 4.78 is 27.1. The Balaban J connectivity index is 1.47. The highest BCUT2D eigenvalue weighted by Crippen LogP contribution is 2.33. The molecule has 0 unspecified atom stereocenters. The van der Waals surface area contributed by atoms with Crippen LogP contribution in [0.25, 0.3) is 33.1 Å². The minimum Gasteiger partial charge on any atom is -0.497 e. The van der Waals surface area contributed by atoms with Crippen LogP contribution >= 0.6 is 0 Å². The van der Waals surface area contributed by atoms with Gasteiger partial charge in [0.05, 0.1) is 19.8 Å². The highest BCUT2D eigenvalue weighted by atomic mass is 16.5. The van der Waals surface area contributed by atoms with Gasteiger partial charge in [0.15, 0.2) is 0 Å². The Morgan fingerprint density at radius 1 is 0.727 bits per heavy atom. The van der Waals surface area contributed by atoms with Gasteiger partial charge in [-0.15, -0.1) is 0 Å². The van der Waals surface area contributed by atoms with Crippen molar-refractivity contribution in [2.24, 2.45) is 0 Å². The van der Waals surface area contributed by atoms with Crippen molar-refractivity contribution < 1.29 is 27.8 Å². The second kappa shape index (κ2) is 8.20. The standard InChI is InChI=1S/C26H18O7/c1-29-17-9-10-19(23(13-17)30-2)20-11-16-7-8-18(14-22(16)33-25(20)27)31-26(28)24-12-15-5-3-4-6-21(15)32-24/h3-14H,1-2H3. The number of carbonyl (C=O) groups excluding carboxylic acids is 1. The van der Waals surface area contributed by atoms with Crippen molar-refractivity contribution in [2.75, 3.05) is 14.2 Å². The molecule has 0 N–H and O–H groups in total. The van der Waals surface area contributed by atoms with E-state index in [1.807, 2.05) is 18.2 Å². The zero-order valence-corrected chi connectivity index (χ0v) is 17.8. The van der Waals surface area contributed by atoms with Crippen LogP contribution in [0.3, 0.4) is 0 Å². The van der Waals surface area contributed by atoms with Crippen LogP contribution < -0.4 is 19.8 Å². The first kappa shape index (κ1) is 20.4. The predicted octanol–water partition coefficient (Wildman–Crippen LogP) is 5.44. The van der Waals surface area contributed by atoms with E-state index in [1.54, 1.807) is 55.6 Å². The third kappa shape index (κ3) is 3.80. The molecule has 0 aliphatic rings. The molecule has 3 aromatic carbocycles. The third-order valence-corrected chi connectivity index (χ3v) is 5.24. The fraction of sp³-hybridized carbons (Fsp3) is 0.0769. The molecule has 0 saturated heterocycles. The Morgan fingerprint density at radius 2 is 1.52 bits per heavy atom.